The molecule has 0 bridgehead atoms. The van der Waals surface area contributed by atoms with Crippen LogP contribution in [0.3, 0.4) is 0 Å². The number of anilines is 1. The molecule has 0 radical (unpaired) electrons. The Hall–Kier alpha value is -1.86. The van der Waals surface area contributed by atoms with E-state index in [4.69, 9.17) is 11.6 Å². The van der Waals surface area contributed by atoms with Gasteiger partial charge in [0.05, 0.1) is 11.8 Å². The Morgan fingerprint density at radius 2 is 2.00 bits per heavy atom. The number of hydrogen-bond acceptors (Lipinski definition) is 4. The Kier molecular flexibility index (Phi) is 5.67. The Morgan fingerprint density at radius 3 is 2.65 bits per heavy atom. The first-order chi connectivity index (χ1) is 12.3. The zero-order chi connectivity index (χ0) is 18.7. The van der Waals surface area contributed by atoms with Gasteiger partial charge in [-0.2, -0.15) is 13.2 Å². The van der Waals surface area contributed by atoms with Gasteiger partial charge in [0.1, 0.15) is 11.3 Å². The average molecular weight is 385 g/mol. The number of rotatable bonds is 4. The first-order valence-corrected chi connectivity index (χ1v) is 8.79. The van der Waals surface area contributed by atoms with Crippen molar-refractivity contribution in [1.29, 1.82) is 0 Å². The Bertz CT molecular complexity index is 745. The second-order valence-electron chi connectivity index (χ2n) is 6.53. The fourth-order valence-corrected chi connectivity index (χ4v) is 3.55. The van der Waals surface area contributed by atoms with Crippen LogP contribution in [0.15, 0.2) is 36.8 Å². The van der Waals surface area contributed by atoms with E-state index < -0.39 is 11.7 Å². The van der Waals surface area contributed by atoms with E-state index in [9.17, 15) is 13.2 Å². The molecule has 4 nitrogen and oxygen atoms in total. The van der Waals surface area contributed by atoms with Crippen LogP contribution in [-0.4, -0.2) is 41.0 Å². The zero-order valence-electron chi connectivity index (χ0n) is 14.4. The molecule has 8 heteroatoms. The Balaban J connectivity index is 1.59. The van der Waals surface area contributed by atoms with Gasteiger partial charge in [-0.25, -0.2) is 9.97 Å². The number of halogens is 4. The largest absolute Gasteiger partial charge is 0.416 e. The zero-order valence-corrected chi connectivity index (χ0v) is 15.1. The molecule has 0 saturated carbocycles. The molecule has 1 aliphatic heterocycles. The van der Waals surface area contributed by atoms with Gasteiger partial charge in [0.25, 0.3) is 0 Å². The summed E-state index contributed by atoms with van der Waals surface area (Å²) in [5.41, 5.74) is 0.0697. The van der Waals surface area contributed by atoms with Gasteiger partial charge in [0.15, 0.2) is 5.82 Å². The highest BCUT2D eigenvalue weighted by Crippen LogP contribution is 2.30. The van der Waals surface area contributed by atoms with Crippen molar-refractivity contribution < 1.29 is 13.2 Å². The third-order valence-corrected chi connectivity index (χ3v) is 4.99. The van der Waals surface area contributed by atoms with Crippen molar-refractivity contribution in [3.63, 3.8) is 0 Å². The highest BCUT2D eigenvalue weighted by Gasteiger charge is 2.30. The first kappa shape index (κ1) is 18.9. The summed E-state index contributed by atoms with van der Waals surface area (Å²) in [5, 5.41) is 0.531. The maximum Gasteiger partial charge on any atom is 0.416 e. The topological polar surface area (TPSA) is 32.3 Å². The van der Waals surface area contributed by atoms with Gasteiger partial charge in [-0.15, -0.1) is 0 Å². The van der Waals surface area contributed by atoms with E-state index in [1.807, 2.05) is 7.05 Å². The molecule has 0 aliphatic carbocycles. The highest BCUT2D eigenvalue weighted by atomic mass is 35.5. The van der Waals surface area contributed by atoms with Crippen LogP contribution in [0.25, 0.3) is 0 Å². The van der Waals surface area contributed by atoms with Crippen molar-refractivity contribution in [2.75, 3.05) is 25.0 Å². The summed E-state index contributed by atoms with van der Waals surface area (Å²) in [5.74, 6) is 0.737. The van der Waals surface area contributed by atoms with E-state index in [1.54, 1.807) is 12.3 Å². The lowest BCUT2D eigenvalue weighted by Crippen LogP contribution is -2.43. The van der Waals surface area contributed by atoms with Gasteiger partial charge < -0.3 is 4.90 Å². The van der Waals surface area contributed by atoms with Crippen molar-refractivity contribution in [1.82, 2.24) is 14.9 Å². The maximum atomic E-state index is 12.9. The molecule has 0 N–H and O–H groups in total. The number of alkyl halides is 3. The van der Waals surface area contributed by atoms with E-state index in [1.165, 1.54) is 18.5 Å². The Morgan fingerprint density at radius 1 is 1.27 bits per heavy atom. The minimum Gasteiger partial charge on any atom is -0.355 e. The van der Waals surface area contributed by atoms with E-state index in [2.05, 4.69) is 19.8 Å². The van der Waals surface area contributed by atoms with Crippen LogP contribution in [-0.2, 0) is 12.7 Å². The molecule has 2 aromatic rings. The molecule has 1 fully saturated rings. The van der Waals surface area contributed by atoms with Gasteiger partial charge in [0, 0.05) is 25.7 Å². The lowest BCUT2D eigenvalue weighted by Gasteiger charge is -2.37. The summed E-state index contributed by atoms with van der Waals surface area (Å²) in [6.07, 6.45) is 0.547. The van der Waals surface area contributed by atoms with Gasteiger partial charge in [-0.1, -0.05) is 29.8 Å². The molecule has 0 amide bonds. The molecule has 1 aromatic carbocycles. The van der Waals surface area contributed by atoms with E-state index >= 15 is 0 Å². The summed E-state index contributed by atoms with van der Waals surface area (Å²) in [7, 11) is 1.96. The minimum absolute atomic E-state index is 0.307. The standard InChI is InChI=1S/C18H20ClF3N4/c1-25(11-13-3-2-4-14(9-13)18(20,21)22)15-5-7-26(8-6-15)17-16(19)10-23-12-24-17/h2-4,9-10,12,15H,5-8,11H2,1H3. The van der Waals surface area contributed by atoms with Crippen molar-refractivity contribution in [2.45, 2.75) is 31.6 Å². The number of piperidine rings is 1. The van der Waals surface area contributed by atoms with E-state index in [0.717, 1.165) is 37.8 Å². The first-order valence-electron chi connectivity index (χ1n) is 8.41. The van der Waals surface area contributed by atoms with Crippen LogP contribution < -0.4 is 4.90 Å². The van der Waals surface area contributed by atoms with Crippen LogP contribution in [0.2, 0.25) is 5.02 Å². The second kappa shape index (κ2) is 7.80. The third kappa shape index (κ3) is 4.45. The normalized spacial score (nSPS) is 16.3. The lowest BCUT2D eigenvalue weighted by molar-refractivity contribution is -0.137. The monoisotopic (exact) mass is 384 g/mol. The molecule has 1 saturated heterocycles. The average Bonchev–Trinajstić information content (AvgIpc) is 2.62. The fraction of sp³-hybridized carbons (Fsp3) is 0.444. The van der Waals surface area contributed by atoms with Crippen LogP contribution in [0.1, 0.15) is 24.0 Å². The Labute approximate surface area is 155 Å². The molecule has 26 heavy (non-hydrogen) atoms. The maximum absolute atomic E-state index is 12.9. The summed E-state index contributed by atoms with van der Waals surface area (Å²) in [6, 6.07) is 5.84. The molecule has 0 atom stereocenters. The van der Waals surface area contributed by atoms with E-state index in [0.29, 0.717) is 23.2 Å². The summed E-state index contributed by atoms with van der Waals surface area (Å²) in [4.78, 5) is 12.4. The summed E-state index contributed by atoms with van der Waals surface area (Å²) < 4.78 is 38.6. The van der Waals surface area contributed by atoms with Gasteiger partial charge in [-0.05, 0) is 31.5 Å². The van der Waals surface area contributed by atoms with Crippen LogP contribution >= 0.6 is 11.6 Å². The summed E-state index contributed by atoms with van der Waals surface area (Å²) in [6.45, 7) is 2.09. The third-order valence-electron chi connectivity index (χ3n) is 4.72. The molecule has 2 heterocycles. The lowest BCUT2D eigenvalue weighted by atomic mass is 10.0. The number of nitrogens with zero attached hydrogens (tertiary/aromatic N) is 4. The number of aromatic nitrogens is 2. The van der Waals surface area contributed by atoms with Crippen molar-refractivity contribution in [3.8, 4) is 0 Å². The molecule has 0 unspecified atom stereocenters. The highest BCUT2D eigenvalue weighted by molar-refractivity contribution is 6.32. The van der Waals surface area contributed by atoms with Crippen LogP contribution in [0.5, 0.6) is 0 Å². The minimum atomic E-state index is -4.31. The van der Waals surface area contributed by atoms with E-state index in [-0.39, 0.29) is 0 Å². The molecule has 140 valence electrons. The fourth-order valence-electron chi connectivity index (χ4n) is 3.32. The molecular formula is C18H20ClF3N4. The molecule has 1 aromatic heterocycles. The molecule has 0 spiro atoms. The molecular weight excluding hydrogens is 365 g/mol. The quantitative estimate of drug-likeness (QED) is 0.788. The number of hydrogen-bond donors (Lipinski definition) is 0. The van der Waals surface area contributed by atoms with Crippen molar-refractivity contribution >= 4 is 17.4 Å². The molecule has 3 rings (SSSR count). The number of benzene rings is 1. The van der Waals surface area contributed by atoms with Crippen molar-refractivity contribution in [2.24, 2.45) is 0 Å². The van der Waals surface area contributed by atoms with Crippen LogP contribution in [0, 0.1) is 0 Å². The van der Waals surface area contributed by atoms with Crippen LogP contribution in [0.4, 0.5) is 19.0 Å². The van der Waals surface area contributed by atoms with Gasteiger partial charge in [-0.3, -0.25) is 4.90 Å². The van der Waals surface area contributed by atoms with Gasteiger partial charge in [0.2, 0.25) is 0 Å². The van der Waals surface area contributed by atoms with Gasteiger partial charge >= 0.3 is 6.18 Å². The smallest absolute Gasteiger partial charge is 0.355 e. The second-order valence-corrected chi connectivity index (χ2v) is 6.93. The predicted molar refractivity (Wildman–Crippen MR) is 95.2 cm³/mol. The SMILES string of the molecule is CN(Cc1cccc(C(F)(F)F)c1)C1CCN(c2ncncc2Cl)CC1. The predicted octanol–water partition coefficient (Wildman–Crippen LogP) is 4.25. The summed E-state index contributed by atoms with van der Waals surface area (Å²) >= 11 is 6.15. The van der Waals surface area contributed by atoms with Crippen molar-refractivity contribution in [3.05, 3.63) is 52.9 Å². The molecule has 1 aliphatic rings.